The van der Waals surface area contributed by atoms with Crippen LogP contribution in [0.1, 0.15) is 18.4 Å². The van der Waals surface area contributed by atoms with Crippen molar-refractivity contribution in [3.63, 3.8) is 0 Å². The van der Waals surface area contributed by atoms with E-state index in [1.807, 2.05) is 18.2 Å². The van der Waals surface area contributed by atoms with Crippen molar-refractivity contribution < 1.29 is 14.3 Å². The first-order chi connectivity index (χ1) is 9.81. The van der Waals surface area contributed by atoms with Gasteiger partial charge in [-0.25, -0.2) is 0 Å². The van der Waals surface area contributed by atoms with Crippen LogP contribution >= 0.6 is 0 Å². The highest BCUT2D eigenvalue weighted by molar-refractivity contribution is 5.76. The maximum atomic E-state index is 11.9. The molecule has 1 saturated heterocycles. The molecule has 0 aromatic heterocycles. The summed E-state index contributed by atoms with van der Waals surface area (Å²) in [5.41, 5.74) is 1.03. The highest BCUT2D eigenvalue weighted by atomic mass is 16.6. The highest BCUT2D eigenvalue weighted by Gasteiger charge is 2.18. The summed E-state index contributed by atoms with van der Waals surface area (Å²) in [6.45, 7) is 3.70. The van der Waals surface area contributed by atoms with Crippen LogP contribution in [0.4, 0.5) is 0 Å². The molecule has 2 heterocycles. The molecule has 1 unspecified atom stereocenters. The third-order valence-electron chi connectivity index (χ3n) is 3.73. The molecule has 1 fully saturated rings. The van der Waals surface area contributed by atoms with Crippen LogP contribution in [0.3, 0.4) is 0 Å². The van der Waals surface area contributed by atoms with Crippen LogP contribution in [0.25, 0.3) is 0 Å². The molecule has 0 aliphatic carbocycles. The Morgan fingerprint density at radius 2 is 2.15 bits per heavy atom. The van der Waals surface area contributed by atoms with Crippen LogP contribution in [0.15, 0.2) is 18.2 Å². The summed E-state index contributed by atoms with van der Waals surface area (Å²) in [6.07, 6.45) is 1.70. The summed E-state index contributed by atoms with van der Waals surface area (Å²) >= 11 is 0. The van der Waals surface area contributed by atoms with E-state index in [0.29, 0.717) is 32.1 Å². The second kappa shape index (κ2) is 6.13. The number of ether oxygens (including phenoxy) is 2. The number of fused-ring (bicyclic) bond motifs is 1. The third kappa shape index (κ3) is 3.22. The zero-order valence-electron chi connectivity index (χ0n) is 11.5. The van der Waals surface area contributed by atoms with E-state index in [1.165, 1.54) is 0 Å². The van der Waals surface area contributed by atoms with E-state index in [0.717, 1.165) is 36.6 Å². The monoisotopic (exact) mass is 276 g/mol. The van der Waals surface area contributed by atoms with Crippen molar-refractivity contribution in [1.29, 1.82) is 0 Å². The zero-order valence-corrected chi connectivity index (χ0v) is 11.5. The third-order valence-corrected chi connectivity index (χ3v) is 3.73. The smallest absolute Gasteiger partial charge is 0.220 e. The minimum absolute atomic E-state index is 0.119. The fraction of sp³-hybridized carbons (Fsp3) is 0.533. The highest BCUT2D eigenvalue weighted by Crippen LogP contribution is 2.30. The predicted octanol–water partition coefficient (Wildman–Crippen LogP) is 1.07. The van der Waals surface area contributed by atoms with Gasteiger partial charge in [0.25, 0.3) is 0 Å². The molecule has 2 N–H and O–H groups in total. The maximum Gasteiger partial charge on any atom is 0.220 e. The second-order valence-corrected chi connectivity index (χ2v) is 5.32. The fourth-order valence-electron chi connectivity index (χ4n) is 2.62. The molecule has 0 radical (unpaired) electrons. The summed E-state index contributed by atoms with van der Waals surface area (Å²) in [4.78, 5) is 11.9. The van der Waals surface area contributed by atoms with Gasteiger partial charge in [0.1, 0.15) is 13.2 Å². The zero-order chi connectivity index (χ0) is 13.8. The Bertz CT molecular complexity index is 484. The Morgan fingerprint density at radius 3 is 2.95 bits per heavy atom. The van der Waals surface area contributed by atoms with Gasteiger partial charge < -0.3 is 20.1 Å². The van der Waals surface area contributed by atoms with Crippen LogP contribution in [0, 0.1) is 5.92 Å². The van der Waals surface area contributed by atoms with Crippen molar-refractivity contribution in [3.8, 4) is 11.5 Å². The molecule has 1 atom stereocenters. The molecule has 3 rings (SSSR count). The number of benzene rings is 1. The molecule has 108 valence electrons. The lowest BCUT2D eigenvalue weighted by Gasteiger charge is -2.19. The molecule has 0 bridgehead atoms. The van der Waals surface area contributed by atoms with Gasteiger partial charge in [0.05, 0.1) is 0 Å². The quantitative estimate of drug-likeness (QED) is 0.864. The van der Waals surface area contributed by atoms with Crippen LogP contribution in [0.5, 0.6) is 11.5 Å². The molecule has 5 nitrogen and oxygen atoms in total. The van der Waals surface area contributed by atoms with E-state index in [2.05, 4.69) is 10.6 Å². The number of hydrogen-bond donors (Lipinski definition) is 2. The summed E-state index contributed by atoms with van der Waals surface area (Å²) in [7, 11) is 0. The normalized spacial score (nSPS) is 20.7. The Labute approximate surface area is 118 Å². The number of amides is 1. The Balaban J connectivity index is 1.51. The molecule has 2 aliphatic heterocycles. The van der Waals surface area contributed by atoms with Gasteiger partial charge in [-0.05, 0) is 43.1 Å². The lowest BCUT2D eigenvalue weighted by Crippen LogP contribution is -2.26. The van der Waals surface area contributed by atoms with Gasteiger partial charge in [0, 0.05) is 13.0 Å². The van der Waals surface area contributed by atoms with E-state index in [4.69, 9.17) is 9.47 Å². The van der Waals surface area contributed by atoms with Crippen LogP contribution in [0.2, 0.25) is 0 Å². The van der Waals surface area contributed by atoms with Crippen molar-refractivity contribution in [2.45, 2.75) is 19.4 Å². The first kappa shape index (κ1) is 13.2. The topological polar surface area (TPSA) is 59.6 Å². The van der Waals surface area contributed by atoms with E-state index < -0.39 is 0 Å². The lowest BCUT2D eigenvalue weighted by molar-refractivity contribution is -0.122. The SMILES string of the molecule is O=C(CC1CCNC1)NCc1ccc2c(c1)OCCO2. The minimum atomic E-state index is 0.119. The number of carbonyl (C=O) groups is 1. The number of hydrogen-bond acceptors (Lipinski definition) is 4. The van der Waals surface area contributed by atoms with Gasteiger partial charge in [-0.2, -0.15) is 0 Å². The van der Waals surface area contributed by atoms with Gasteiger partial charge in [0.15, 0.2) is 11.5 Å². The molecule has 2 aliphatic rings. The standard InChI is InChI=1S/C15H20N2O3/c18-15(8-12-3-4-16-9-12)17-10-11-1-2-13-14(7-11)20-6-5-19-13/h1-2,7,12,16H,3-6,8-10H2,(H,17,18). The number of nitrogens with one attached hydrogen (secondary N) is 2. The van der Waals surface area contributed by atoms with Gasteiger partial charge in [-0.1, -0.05) is 6.07 Å². The summed E-state index contributed by atoms with van der Waals surface area (Å²) in [5.74, 6) is 2.15. The largest absolute Gasteiger partial charge is 0.486 e. The van der Waals surface area contributed by atoms with Crippen LogP contribution in [-0.4, -0.2) is 32.2 Å². The van der Waals surface area contributed by atoms with Gasteiger partial charge in [-0.15, -0.1) is 0 Å². The molecular weight excluding hydrogens is 256 g/mol. The van der Waals surface area contributed by atoms with Crippen molar-refractivity contribution >= 4 is 5.91 Å². The summed E-state index contributed by atoms with van der Waals surface area (Å²) < 4.78 is 11.0. The molecule has 20 heavy (non-hydrogen) atoms. The van der Waals surface area contributed by atoms with Crippen LogP contribution in [-0.2, 0) is 11.3 Å². The van der Waals surface area contributed by atoms with E-state index in [9.17, 15) is 4.79 Å². The lowest BCUT2D eigenvalue weighted by atomic mass is 10.0. The molecule has 5 heteroatoms. The average Bonchev–Trinajstić information content (AvgIpc) is 2.98. The van der Waals surface area contributed by atoms with Gasteiger partial charge in [-0.3, -0.25) is 4.79 Å². The van der Waals surface area contributed by atoms with Gasteiger partial charge >= 0.3 is 0 Å². The minimum Gasteiger partial charge on any atom is -0.486 e. The Morgan fingerprint density at radius 1 is 1.30 bits per heavy atom. The van der Waals surface area contributed by atoms with Crippen molar-refractivity contribution in [3.05, 3.63) is 23.8 Å². The first-order valence-electron chi connectivity index (χ1n) is 7.17. The maximum absolute atomic E-state index is 11.9. The van der Waals surface area contributed by atoms with E-state index in [1.54, 1.807) is 0 Å². The fourth-order valence-corrected chi connectivity index (χ4v) is 2.62. The summed E-state index contributed by atoms with van der Waals surface area (Å²) in [6, 6.07) is 5.80. The average molecular weight is 276 g/mol. The Hall–Kier alpha value is -1.75. The first-order valence-corrected chi connectivity index (χ1v) is 7.17. The number of rotatable bonds is 4. The molecule has 1 amide bonds. The van der Waals surface area contributed by atoms with E-state index >= 15 is 0 Å². The van der Waals surface area contributed by atoms with Crippen molar-refractivity contribution in [2.24, 2.45) is 5.92 Å². The number of carbonyl (C=O) groups excluding carboxylic acids is 1. The van der Waals surface area contributed by atoms with Crippen molar-refractivity contribution in [1.82, 2.24) is 10.6 Å². The van der Waals surface area contributed by atoms with E-state index in [-0.39, 0.29) is 5.91 Å². The van der Waals surface area contributed by atoms with Gasteiger partial charge in [0.2, 0.25) is 5.91 Å². The molecule has 1 aromatic rings. The predicted molar refractivity (Wildman–Crippen MR) is 74.9 cm³/mol. The molecule has 0 saturated carbocycles. The molecule has 1 aromatic carbocycles. The molecular formula is C15H20N2O3. The van der Waals surface area contributed by atoms with Crippen molar-refractivity contribution in [2.75, 3.05) is 26.3 Å². The Kier molecular flexibility index (Phi) is 4.06. The second-order valence-electron chi connectivity index (χ2n) is 5.32. The summed E-state index contributed by atoms with van der Waals surface area (Å²) in [5, 5.41) is 6.24. The van der Waals surface area contributed by atoms with Crippen LogP contribution < -0.4 is 20.1 Å². The molecule has 0 spiro atoms.